The quantitative estimate of drug-likeness (QED) is 0.747. The summed E-state index contributed by atoms with van der Waals surface area (Å²) in [5, 5.41) is 2.84. The first-order chi connectivity index (χ1) is 11.3. The molecule has 3 aromatic rings. The smallest absolute Gasteiger partial charge is 0.275 e. The van der Waals surface area contributed by atoms with Crippen molar-refractivity contribution < 1.29 is 4.79 Å². The lowest BCUT2D eigenvalue weighted by Crippen LogP contribution is -2.13. The summed E-state index contributed by atoms with van der Waals surface area (Å²) in [7, 11) is 0. The van der Waals surface area contributed by atoms with Crippen LogP contribution in [0.25, 0.3) is 11.1 Å². The SMILES string of the molecule is O=C1Nc2ccccc2C1=Nc1ccc(-c2ccccc2)cc1. The van der Waals surface area contributed by atoms with E-state index in [9.17, 15) is 4.79 Å². The number of anilines is 1. The van der Waals surface area contributed by atoms with Crippen LogP contribution in [0.3, 0.4) is 0 Å². The van der Waals surface area contributed by atoms with Crippen LogP contribution in [0.4, 0.5) is 11.4 Å². The Morgan fingerprint density at radius 1 is 0.696 bits per heavy atom. The minimum atomic E-state index is -0.154. The number of hydrogen-bond donors (Lipinski definition) is 1. The Kier molecular flexibility index (Phi) is 3.24. The average Bonchev–Trinajstić information content (AvgIpc) is 2.92. The van der Waals surface area contributed by atoms with E-state index in [1.165, 1.54) is 0 Å². The van der Waals surface area contributed by atoms with Crippen LogP contribution in [0.1, 0.15) is 5.56 Å². The lowest BCUT2D eigenvalue weighted by molar-refractivity contribution is -0.110. The second kappa shape index (κ2) is 5.54. The second-order valence-electron chi connectivity index (χ2n) is 5.37. The summed E-state index contributed by atoms with van der Waals surface area (Å²) < 4.78 is 0. The van der Waals surface area contributed by atoms with Crippen LogP contribution >= 0.6 is 0 Å². The Balaban J connectivity index is 1.68. The molecule has 0 atom stereocenters. The van der Waals surface area contributed by atoms with Crippen molar-refractivity contribution in [3.8, 4) is 11.1 Å². The Morgan fingerprint density at radius 2 is 1.35 bits per heavy atom. The van der Waals surface area contributed by atoms with Gasteiger partial charge in [0.25, 0.3) is 5.91 Å². The predicted molar refractivity (Wildman–Crippen MR) is 93.1 cm³/mol. The molecule has 0 spiro atoms. The van der Waals surface area contributed by atoms with Crippen LogP contribution in [-0.4, -0.2) is 11.6 Å². The molecule has 3 aromatic carbocycles. The number of para-hydroxylation sites is 1. The molecular weight excluding hydrogens is 284 g/mol. The second-order valence-corrected chi connectivity index (χ2v) is 5.37. The minimum absolute atomic E-state index is 0.154. The van der Waals surface area contributed by atoms with Crippen LogP contribution in [0.15, 0.2) is 83.9 Å². The number of nitrogens with zero attached hydrogens (tertiary/aromatic N) is 1. The lowest BCUT2D eigenvalue weighted by Gasteiger charge is -2.02. The molecule has 4 rings (SSSR count). The zero-order chi connectivity index (χ0) is 15.6. The van der Waals surface area contributed by atoms with E-state index in [0.717, 1.165) is 28.1 Å². The normalized spacial score (nSPS) is 14.6. The highest BCUT2D eigenvalue weighted by Gasteiger charge is 2.25. The standard InChI is InChI=1S/C20H14N2O/c23-20-19(17-8-4-5-9-18(17)22-20)21-16-12-10-15(11-13-16)14-6-2-1-3-7-14/h1-13H,(H,21,22,23). The Labute approximate surface area is 134 Å². The van der Waals surface area contributed by atoms with Crippen molar-refractivity contribution in [1.29, 1.82) is 0 Å². The van der Waals surface area contributed by atoms with Gasteiger partial charge in [-0.05, 0) is 29.3 Å². The third kappa shape index (κ3) is 2.53. The fourth-order valence-corrected chi connectivity index (χ4v) is 2.70. The highest BCUT2D eigenvalue weighted by molar-refractivity contribution is 6.54. The van der Waals surface area contributed by atoms with E-state index in [1.54, 1.807) is 0 Å². The monoisotopic (exact) mass is 298 g/mol. The molecule has 0 radical (unpaired) electrons. The van der Waals surface area contributed by atoms with Gasteiger partial charge in [-0.25, -0.2) is 4.99 Å². The number of carbonyl (C=O) groups excluding carboxylic acids is 1. The van der Waals surface area contributed by atoms with Gasteiger partial charge >= 0.3 is 0 Å². The maximum atomic E-state index is 12.1. The van der Waals surface area contributed by atoms with Crippen molar-refractivity contribution in [3.63, 3.8) is 0 Å². The van der Waals surface area contributed by atoms with Gasteiger partial charge < -0.3 is 5.32 Å². The zero-order valence-corrected chi connectivity index (χ0v) is 12.4. The van der Waals surface area contributed by atoms with Gasteiger partial charge in [0.05, 0.1) is 11.4 Å². The number of benzene rings is 3. The van der Waals surface area contributed by atoms with Crippen molar-refractivity contribution in [3.05, 3.63) is 84.4 Å². The molecule has 0 saturated carbocycles. The van der Waals surface area contributed by atoms with Crippen LogP contribution in [0.5, 0.6) is 0 Å². The average molecular weight is 298 g/mol. The third-order valence-electron chi connectivity index (χ3n) is 3.86. The molecule has 110 valence electrons. The van der Waals surface area contributed by atoms with E-state index in [4.69, 9.17) is 0 Å². The molecule has 0 unspecified atom stereocenters. The van der Waals surface area contributed by atoms with Crippen molar-refractivity contribution in [2.45, 2.75) is 0 Å². The van der Waals surface area contributed by atoms with E-state index in [1.807, 2.05) is 66.7 Å². The number of aliphatic imine (C=N–C) groups is 1. The predicted octanol–water partition coefficient (Wildman–Crippen LogP) is 4.43. The van der Waals surface area contributed by atoms with Crippen LogP contribution in [0, 0.1) is 0 Å². The number of fused-ring (bicyclic) bond motifs is 1. The molecule has 1 aliphatic heterocycles. The first-order valence-electron chi connectivity index (χ1n) is 7.46. The number of nitrogens with one attached hydrogen (secondary N) is 1. The summed E-state index contributed by atoms with van der Waals surface area (Å²) in [5.74, 6) is -0.154. The van der Waals surface area contributed by atoms with Gasteiger partial charge in [-0.1, -0.05) is 60.7 Å². The molecule has 1 N–H and O–H groups in total. The highest BCUT2D eigenvalue weighted by Crippen LogP contribution is 2.27. The molecule has 3 nitrogen and oxygen atoms in total. The molecular formula is C20H14N2O. The first-order valence-corrected chi connectivity index (χ1v) is 7.46. The van der Waals surface area contributed by atoms with E-state index in [0.29, 0.717) is 5.71 Å². The molecule has 1 heterocycles. The number of rotatable bonds is 2. The maximum Gasteiger partial charge on any atom is 0.275 e. The third-order valence-corrected chi connectivity index (χ3v) is 3.86. The van der Waals surface area contributed by atoms with Gasteiger partial charge in [-0.3, -0.25) is 4.79 Å². The molecule has 0 bridgehead atoms. The zero-order valence-electron chi connectivity index (χ0n) is 12.4. The maximum absolute atomic E-state index is 12.1. The van der Waals surface area contributed by atoms with Gasteiger partial charge in [-0.15, -0.1) is 0 Å². The largest absolute Gasteiger partial charge is 0.320 e. The lowest BCUT2D eigenvalue weighted by atomic mass is 10.1. The van der Waals surface area contributed by atoms with Crippen LogP contribution in [-0.2, 0) is 4.79 Å². The molecule has 0 aromatic heterocycles. The summed E-state index contributed by atoms with van der Waals surface area (Å²) in [6.07, 6.45) is 0. The van der Waals surface area contributed by atoms with E-state index in [-0.39, 0.29) is 5.91 Å². The summed E-state index contributed by atoms with van der Waals surface area (Å²) in [5.41, 5.74) is 5.20. The Morgan fingerprint density at radius 3 is 2.13 bits per heavy atom. The molecule has 0 saturated heterocycles. The van der Waals surface area contributed by atoms with E-state index in [2.05, 4.69) is 22.4 Å². The topological polar surface area (TPSA) is 41.5 Å². The van der Waals surface area contributed by atoms with Crippen LogP contribution < -0.4 is 5.32 Å². The molecule has 23 heavy (non-hydrogen) atoms. The Hall–Kier alpha value is -3.20. The first kappa shape index (κ1) is 13.5. The summed E-state index contributed by atoms with van der Waals surface area (Å²) in [6.45, 7) is 0. The van der Waals surface area contributed by atoms with Crippen LogP contribution in [0.2, 0.25) is 0 Å². The Bertz CT molecular complexity index is 896. The van der Waals surface area contributed by atoms with Gasteiger partial charge in [0.15, 0.2) is 0 Å². The molecule has 1 amide bonds. The molecule has 0 fully saturated rings. The molecule has 3 heteroatoms. The van der Waals surface area contributed by atoms with Crippen molar-refractivity contribution in [2.24, 2.45) is 4.99 Å². The van der Waals surface area contributed by atoms with Gasteiger partial charge in [0.2, 0.25) is 0 Å². The van der Waals surface area contributed by atoms with E-state index < -0.39 is 0 Å². The summed E-state index contributed by atoms with van der Waals surface area (Å²) in [6, 6.07) is 25.7. The van der Waals surface area contributed by atoms with Crippen molar-refractivity contribution >= 4 is 23.0 Å². The molecule has 0 aliphatic carbocycles. The van der Waals surface area contributed by atoms with Gasteiger partial charge in [-0.2, -0.15) is 0 Å². The number of hydrogen-bond acceptors (Lipinski definition) is 2. The minimum Gasteiger partial charge on any atom is -0.320 e. The molecule has 1 aliphatic rings. The fraction of sp³-hybridized carbons (Fsp3) is 0. The summed E-state index contributed by atoms with van der Waals surface area (Å²) >= 11 is 0. The number of amides is 1. The highest BCUT2D eigenvalue weighted by atomic mass is 16.2. The van der Waals surface area contributed by atoms with Crippen molar-refractivity contribution in [2.75, 3.05) is 5.32 Å². The summed E-state index contributed by atoms with van der Waals surface area (Å²) in [4.78, 5) is 16.6. The number of carbonyl (C=O) groups is 1. The van der Waals surface area contributed by atoms with E-state index >= 15 is 0 Å². The van der Waals surface area contributed by atoms with Gasteiger partial charge in [0.1, 0.15) is 5.71 Å². The fourth-order valence-electron chi connectivity index (χ4n) is 2.70. The van der Waals surface area contributed by atoms with Crippen molar-refractivity contribution in [1.82, 2.24) is 0 Å². The van der Waals surface area contributed by atoms with Gasteiger partial charge in [0, 0.05) is 5.56 Å².